The van der Waals surface area contributed by atoms with E-state index >= 15 is 0 Å². The van der Waals surface area contributed by atoms with Gasteiger partial charge in [-0.1, -0.05) is 30.3 Å². The minimum absolute atomic E-state index is 0.189. The molecule has 0 saturated carbocycles. The minimum Gasteiger partial charge on any atom is -0.490 e. The van der Waals surface area contributed by atoms with Crippen LogP contribution in [-0.4, -0.2) is 58.1 Å². The Morgan fingerprint density at radius 1 is 1.03 bits per heavy atom. The summed E-state index contributed by atoms with van der Waals surface area (Å²) >= 11 is 0. The van der Waals surface area contributed by atoms with Gasteiger partial charge in [0.05, 0.1) is 17.1 Å². The summed E-state index contributed by atoms with van der Waals surface area (Å²) < 4.78 is 38.0. The number of amides is 1. The Morgan fingerprint density at radius 2 is 1.71 bits per heavy atom. The normalized spacial score (nSPS) is 15.5. The molecule has 2 aromatic carbocycles. The number of nitrogens with zero attached hydrogens (tertiary/aromatic N) is 1. The van der Waals surface area contributed by atoms with E-state index in [1.807, 2.05) is 13.0 Å². The first-order valence-electron chi connectivity index (χ1n) is 10.7. The summed E-state index contributed by atoms with van der Waals surface area (Å²) in [4.78, 5) is 13.0. The molecular weight excluding hydrogens is 416 g/mol. The minimum atomic E-state index is -3.46. The van der Waals surface area contributed by atoms with Crippen LogP contribution >= 0.6 is 0 Å². The largest absolute Gasteiger partial charge is 0.490 e. The summed E-state index contributed by atoms with van der Waals surface area (Å²) in [5.74, 6) is 0.576. The zero-order chi connectivity index (χ0) is 22.1. The molecule has 1 saturated heterocycles. The Morgan fingerprint density at radius 3 is 2.42 bits per heavy atom. The molecule has 0 radical (unpaired) electrons. The molecule has 0 aliphatic carbocycles. The number of sulfonamides is 1. The number of piperidine rings is 1. The second-order valence-corrected chi connectivity index (χ2v) is 9.35. The van der Waals surface area contributed by atoms with Crippen molar-refractivity contribution < 1.29 is 22.7 Å². The molecule has 1 aliphatic heterocycles. The van der Waals surface area contributed by atoms with E-state index in [4.69, 9.17) is 9.47 Å². The summed E-state index contributed by atoms with van der Waals surface area (Å²) in [6, 6.07) is 15.6. The van der Waals surface area contributed by atoms with Gasteiger partial charge >= 0.3 is 0 Å². The molecule has 1 aliphatic rings. The SMILES string of the molecule is CCOCCOc1ccccc1C(=O)NCC1CCN(S(=O)(=O)c2ccccc2)CC1. The van der Waals surface area contributed by atoms with Crippen molar-refractivity contribution in [1.29, 1.82) is 0 Å². The first-order valence-corrected chi connectivity index (χ1v) is 12.1. The van der Waals surface area contributed by atoms with Gasteiger partial charge in [0.2, 0.25) is 10.0 Å². The Bertz CT molecular complexity index is 941. The smallest absolute Gasteiger partial charge is 0.255 e. The highest BCUT2D eigenvalue weighted by Crippen LogP contribution is 2.24. The highest BCUT2D eigenvalue weighted by atomic mass is 32.2. The number of nitrogens with one attached hydrogen (secondary N) is 1. The third kappa shape index (κ3) is 6.29. The Labute approximate surface area is 184 Å². The maximum absolute atomic E-state index is 12.7. The van der Waals surface area contributed by atoms with Crippen LogP contribution in [0.4, 0.5) is 0 Å². The highest BCUT2D eigenvalue weighted by Gasteiger charge is 2.29. The number of hydrogen-bond donors (Lipinski definition) is 1. The fourth-order valence-electron chi connectivity index (χ4n) is 3.56. The third-order valence-corrected chi connectivity index (χ3v) is 7.24. The molecule has 2 aromatic rings. The van der Waals surface area contributed by atoms with Crippen molar-refractivity contribution in [2.75, 3.05) is 39.5 Å². The van der Waals surface area contributed by atoms with Crippen molar-refractivity contribution in [2.45, 2.75) is 24.7 Å². The van der Waals surface area contributed by atoms with E-state index in [1.54, 1.807) is 48.5 Å². The van der Waals surface area contributed by atoms with Gasteiger partial charge in [0.1, 0.15) is 12.4 Å². The first-order chi connectivity index (χ1) is 15.0. The quantitative estimate of drug-likeness (QED) is 0.567. The van der Waals surface area contributed by atoms with Gasteiger partial charge in [-0.3, -0.25) is 4.79 Å². The predicted octanol–water partition coefficient (Wildman–Crippen LogP) is 2.93. The number of para-hydroxylation sites is 1. The Hall–Kier alpha value is -2.42. The summed E-state index contributed by atoms with van der Waals surface area (Å²) in [7, 11) is -3.46. The fraction of sp³-hybridized carbons (Fsp3) is 0.435. The lowest BCUT2D eigenvalue weighted by molar-refractivity contribution is 0.0925. The molecule has 1 N–H and O–H groups in total. The van der Waals surface area contributed by atoms with Crippen LogP contribution in [-0.2, 0) is 14.8 Å². The van der Waals surface area contributed by atoms with E-state index < -0.39 is 10.0 Å². The highest BCUT2D eigenvalue weighted by molar-refractivity contribution is 7.89. The third-order valence-electron chi connectivity index (χ3n) is 5.33. The molecule has 8 heteroatoms. The van der Waals surface area contributed by atoms with E-state index in [0.29, 0.717) is 68.5 Å². The summed E-state index contributed by atoms with van der Waals surface area (Å²) in [6.45, 7) is 4.80. The Balaban J connectivity index is 1.49. The van der Waals surface area contributed by atoms with Gasteiger partial charge in [-0.25, -0.2) is 8.42 Å². The van der Waals surface area contributed by atoms with Crippen molar-refractivity contribution in [3.8, 4) is 5.75 Å². The molecule has 1 amide bonds. The van der Waals surface area contributed by atoms with Crippen LogP contribution in [0.25, 0.3) is 0 Å². The van der Waals surface area contributed by atoms with Crippen molar-refractivity contribution in [2.24, 2.45) is 5.92 Å². The summed E-state index contributed by atoms with van der Waals surface area (Å²) in [5.41, 5.74) is 0.489. The molecule has 1 heterocycles. The van der Waals surface area contributed by atoms with Gasteiger partial charge in [-0.15, -0.1) is 0 Å². The average Bonchev–Trinajstić information content (AvgIpc) is 2.81. The number of carbonyl (C=O) groups excluding carboxylic acids is 1. The fourth-order valence-corrected chi connectivity index (χ4v) is 5.05. The zero-order valence-corrected chi connectivity index (χ0v) is 18.6. The lowest BCUT2D eigenvalue weighted by Gasteiger charge is -2.31. The van der Waals surface area contributed by atoms with Gasteiger partial charge in [0, 0.05) is 26.2 Å². The first kappa shape index (κ1) is 23.2. The van der Waals surface area contributed by atoms with Crippen LogP contribution in [0.1, 0.15) is 30.1 Å². The van der Waals surface area contributed by atoms with E-state index in [9.17, 15) is 13.2 Å². The maximum atomic E-state index is 12.7. The topological polar surface area (TPSA) is 84.9 Å². The predicted molar refractivity (Wildman–Crippen MR) is 119 cm³/mol. The van der Waals surface area contributed by atoms with Crippen molar-refractivity contribution >= 4 is 15.9 Å². The second-order valence-electron chi connectivity index (χ2n) is 7.41. The number of benzene rings is 2. The van der Waals surface area contributed by atoms with Crippen LogP contribution in [0.3, 0.4) is 0 Å². The molecule has 7 nitrogen and oxygen atoms in total. The number of carbonyl (C=O) groups is 1. The van der Waals surface area contributed by atoms with Crippen LogP contribution in [0.15, 0.2) is 59.5 Å². The standard InChI is InChI=1S/C23H30N2O5S/c1-2-29-16-17-30-22-11-7-6-10-21(22)23(26)24-18-19-12-14-25(15-13-19)31(27,28)20-8-4-3-5-9-20/h3-11,19H,2,12-18H2,1H3,(H,24,26). The van der Waals surface area contributed by atoms with Gasteiger partial charge in [0.15, 0.2) is 0 Å². The molecule has 3 rings (SSSR count). The molecule has 0 spiro atoms. The number of ether oxygens (including phenoxy) is 2. The second kappa shape index (κ2) is 11.3. The lowest BCUT2D eigenvalue weighted by Crippen LogP contribution is -2.41. The van der Waals surface area contributed by atoms with E-state index in [1.165, 1.54) is 4.31 Å². The van der Waals surface area contributed by atoms with Gasteiger partial charge in [-0.2, -0.15) is 4.31 Å². The van der Waals surface area contributed by atoms with E-state index in [2.05, 4.69) is 5.32 Å². The van der Waals surface area contributed by atoms with Crippen molar-refractivity contribution in [3.63, 3.8) is 0 Å². The van der Waals surface area contributed by atoms with Gasteiger partial charge < -0.3 is 14.8 Å². The van der Waals surface area contributed by atoms with Crippen molar-refractivity contribution in [1.82, 2.24) is 9.62 Å². The molecule has 0 aromatic heterocycles. The molecule has 168 valence electrons. The maximum Gasteiger partial charge on any atom is 0.255 e. The Kier molecular flexibility index (Phi) is 8.45. The number of hydrogen-bond acceptors (Lipinski definition) is 5. The summed E-state index contributed by atoms with van der Waals surface area (Å²) in [6.07, 6.45) is 1.41. The van der Waals surface area contributed by atoms with Crippen LogP contribution < -0.4 is 10.1 Å². The molecule has 0 atom stereocenters. The molecule has 31 heavy (non-hydrogen) atoms. The summed E-state index contributed by atoms with van der Waals surface area (Å²) in [5, 5.41) is 2.98. The van der Waals surface area contributed by atoms with Crippen LogP contribution in [0.5, 0.6) is 5.75 Å². The monoisotopic (exact) mass is 446 g/mol. The van der Waals surface area contributed by atoms with E-state index in [-0.39, 0.29) is 11.8 Å². The van der Waals surface area contributed by atoms with E-state index in [0.717, 1.165) is 0 Å². The zero-order valence-electron chi connectivity index (χ0n) is 17.8. The van der Waals surface area contributed by atoms with Crippen LogP contribution in [0.2, 0.25) is 0 Å². The van der Waals surface area contributed by atoms with Crippen molar-refractivity contribution in [3.05, 3.63) is 60.2 Å². The molecule has 0 unspecified atom stereocenters. The average molecular weight is 447 g/mol. The van der Waals surface area contributed by atoms with Gasteiger partial charge in [-0.05, 0) is 49.9 Å². The molecular formula is C23H30N2O5S. The molecule has 0 bridgehead atoms. The van der Waals surface area contributed by atoms with Crippen LogP contribution in [0, 0.1) is 5.92 Å². The lowest BCUT2D eigenvalue weighted by atomic mass is 9.98. The van der Waals surface area contributed by atoms with Gasteiger partial charge in [0.25, 0.3) is 5.91 Å². The molecule has 1 fully saturated rings. The number of rotatable bonds is 10.